The Morgan fingerprint density at radius 3 is 2.37 bits per heavy atom. The number of aliphatic hydroxyl groups excluding tert-OH is 1. The third-order valence-electron chi connectivity index (χ3n) is 4.77. The van der Waals surface area contributed by atoms with Crippen molar-refractivity contribution in [2.75, 3.05) is 18.4 Å². The van der Waals surface area contributed by atoms with E-state index < -0.39 is 35.2 Å². The Morgan fingerprint density at radius 1 is 1.07 bits per heavy atom. The average molecular weight is 461 g/mol. The number of piperidine rings is 1. The first-order chi connectivity index (χ1) is 14.1. The van der Waals surface area contributed by atoms with Gasteiger partial charge in [0.2, 0.25) is 0 Å². The number of nitrogens with zero attached hydrogens (tertiary/aromatic N) is 1. The summed E-state index contributed by atoms with van der Waals surface area (Å²) in [6.07, 6.45) is -0.219. The zero-order chi connectivity index (χ0) is 22.1. The summed E-state index contributed by atoms with van der Waals surface area (Å²) in [5.74, 6) is -6.81. The molecule has 30 heavy (non-hydrogen) atoms. The molecule has 10 heteroatoms. The van der Waals surface area contributed by atoms with E-state index in [0.29, 0.717) is 0 Å². The maximum atomic E-state index is 14.9. The zero-order valence-corrected chi connectivity index (χ0v) is 17.0. The number of aliphatic hydroxyl groups is 1. The number of carbonyl (C=O) groups is 2. The van der Waals surface area contributed by atoms with Crippen LogP contribution in [0.15, 0.2) is 36.4 Å². The zero-order valence-electron chi connectivity index (χ0n) is 15.5. The summed E-state index contributed by atoms with van der Waals surface area (Å²) >= 11 is 11.8. The van der Waals surface area contributed by atoms with E-state index >= 15 is 0 Å². The number of benzene rings is 2. The van der Waals surface area contributed by atoms with Crippen molar-refractivity contribution in [3.8, 4) is 0 Å². The third kappa shape index (κ3) is 4.71. The lowest BCUT2D eigenvalue weighted by atomic mass is 10.0. The number of rotatable bonds is 4. The van der Waals surface area contributed by atoms with Crippen LogP contribution < -0.4 is 5.32 Å². The van der Waals surface area contributed by atoms with Gasteiger partial charge < -0.3 is 15.3 Å². The van der Waals surface area contributed by atoms with Crippen molar-refractivity contribution in [2.24, 2.45) is 0 Å². The van der Waals surface area contributed by atoms with Crippen molar-refractivity contribution in [1.82, 2.24) is 4.90 Å². The molecule has 1 aliphatic heterocycles. The van der Waals surface area contributed by atoms with Gasteiger partial charge in [0, 0.05) is 18.7 Å². The molecule has 2 aromatic rings. The van der Waals surface area contributed by atoms with E-state index in [1.165, 1.54) is 12.1 Å². The van der Waals surface area contributed by atoms with Gasteiger partial charge in [-0.2, -0.15) is 8.78 Å². The summed E-state index contributed by atoms with van der Waals surface area (Å²) in [4.78, 5) is 25.9. The Labute approximate surface area is 180 Å². The van der Waals surface area contributed by atoms with Crippen LogP contribution in [0.1, 0.15) is 28.8 Å². The first kappa shape index (κ1) is 22.4. The molecule has 0 saturated carbocycles. The van der Waals surface area contributed by atoms with Crippen LogP contribution in [0.3, 0.4) is 0 Å². The quantitative estimate of drug-likeness (QED) is 0.707. The first-order valence-corrected chi connectivity index (χ1v) is 9.77. The van der Waals surface area contributed by atoms with Crippen LogP contribution in [0.5, 0.6) is 0 Å². The summed E-state index contributed by atoms with van der Waals surface area (Å²) in [5, 5.41) is 11.5. The van der Waals surface area contributed by atoms with E-state index in [1.807, 2.05) is 0 Å². The number of hydrogen-bond acceptors (Lipinski definition) is 3. The highest BCUT2D eigenvalue weighted by molar-refractivity contribution is 6.34. The van der Waals surface area contributed by atoms with Crippen molar-refractivity contribution in [1.29, 1.82) is 0 Å². The predicted octanol–water partition coefficient (Wildman–Crippen LogP) is 4.46. The van der Waals surface area contributed by atoms with Crippen molar-refractivity contribution >= 4 is 40.7 Å². The highest BCUT2D eigenvalue weighted by Crippen LogP contribution is 2.37. The fourth-order valence-corrected chi connectivity index (χ4v) is 3.53. The second-order valence-electron chi connectivity index (χ2n) is 6.87. The lowest BCUT2D eigenvalue weighted by Crippen LogP contribution is -2.47. The minimum atomic E-state index is -3.97. The van der Waals surface area contributed by atoms with Crippen LogP contribution in [0.4, 0.5) is 18.9 Å². The monoisotopic (exact) mass is 460 g/mol. The van der Waals surface area contributed by atoms with E-state index in [0.717, 1.165) is 29.2 Å². The molecule has 1 heterocycles. The highest BCUT2D eigenvalue weighted by Gasteiger charge is 2.46. The molecule has 0 aromatic heterocycles. The Kier molecular flexibility index (Phi) is 6.59. The molecule has 0 spiro atoms. The second-order valence-corrected chi connectivity index (χ2v) is 7.69. The molecular formula is C20H17Cl2F3N2O3. The fourth-order valence-electron chi connectivity index (χ4n) is 3.08. The summed E-state index contributed by atoms with van der Waals surface area (Å²) in [5.41, 5.74) is -0.899. The molecule has 5 nitrogen and oxygen atoms in total. The van der Waals surface area contributed by atoms with Gasteiger partial charge in [-0.25, -0.2) is 4.39 Å². The summed E-state index contributed by atoms with van der Waals surface area (Å²) in [6, 6.07) is 6.46. The van der Waals surface area contributed by atoms with Crippen LogP contribution in [0.25, 0.3) is 0 Å². The van der Waals surface area contributed by atoms with Crippen molar-refractivity contribution < 1.29 is 27.9 Å². The van der Waals surface area contributed by atoms with E-state index in [9.17, 15) is 27.9 Å². The molecule has 0 bridgehead atoms. The smallest absolute Gasteiger partial charge is 0.351 e. The summed E-state index contributed by atoms with van der Waals surface area (Å²) < 4.78 is 43.0. The molecular weight excluding hydrogens is 444 g/mol. The van der Waals surface area contributed by atoms with Gasteiger partial charge in [-0.1, -0.05) is 23.2 Å². The lowest BCUT2D eigenvalue weighted by Gasteiger charge is -2.32. The minimum Gasteiger partial charge on any atom is -0.393 e. The average Bonchev–Trinajstić information content (AvgIpc) is 2.70. The van der Waals surface area contributed by atoms with Crippen LogP contribution in [-0.4, -0.2) is 41.0 Å². The summed E-state index contributed by atoms with van der Waals surface area (Å²) in [7, 11) is 0. The number of carbonyl (C=O) groups excluding carboxylic acids is 2. The molecule has 3 rings (SSSR count). The molecule has 1 saturated heterocycles. The number of likely N-dealkylation sites (tertiary alicyclic amines) is 1. The molecule has 0 atom stereocenters. The molecule has 0 unspecified atom stereocenters. The van der Waals surface area contributed by atoms with Crippen molar-refractivity contribution in [3.05, 3.63) is 63.4 Å². The minimum absolute atomic E-state index is 0.00352. The number of amides is 2. The molecule has 0 aliphatic carbocycles. The van der Waals surface area contributed by atoms with Gasteiger partial charge in [0.25, 0.3) is 11.8 Å². The topological polar surface area (TPSA) is 69.6 Å². The third-order valence-corrected chi connectivity index (χ3v) is 5.41. The maximum Gasteiger partial charge on any atom is 0.351 e. The Hall–Kier alpha value is -2.29. The standard InChI is InChI=1S/C20H17Cl2F3N2O3/c21-15-3-1-11(18(29)26-17-4-2-12(23)10-16(17)22)9-14(15)20(24,25)19(30)27-7-5-13(28)6-8-27/h1-4,9-10,13,28H,5-8H2,(H,26,29). The molecule has 0 radical (unpaired) electrons. The van der Waals surface area contributed by atoms with Crippen LogP contribution in [0.2, 0.25) is 10.0 Å². The highest BCUT2D eigenvalue weighted by atomic mass is 35.5. The Morgan fingerprint density at radius 2 is 1.73 bits per heavy atom. The SMILES string of the molecule is O=C(Nc1ccc(F)cc1Cl)c1ccc(Cl)c(C(F)(F)C(=O)N2CCC(O)CC2)c1. The van der Waals surface area contributed by atoms with E-state index in [2.05, 4.69) is 5.32 Å². The van der Waals surface area contributed by atoms with E-state index in [4.69, 9.17) is 23.2 Å². The van der Waals surface area contributed by atoms with Crippen LogP contribution >= 0.6 is 23.2 Å². The van der Waals surface area contributed by atoms with Gasteiger partial charge in [-0.15, -0.1) is 0 Å². The first-order valence-electron chi connectivity index (χ1n) is 9.01. The van der Waals surface area contributed by atoms with Gasteiger partial charge in [0.1, 0.15) is 5.82 Å². The summed E-state index contributed by atoms with van der Waals surface area (Å²) in [6.45, 7) is -0.00704. The number of nitrogens with one attached hydrogen (secondary N) is 1. The second kappa shape index (κ2) is 8.83. The largest absolute Gasteiger partial charge is 0.393 e. The Bertz CT molecular complexity index is 980. The molecule has 2 amide bonds. The Balaban J connectivity index is 1.84. The number of halogens is 5. The van der Waals surface area contributed by atoms with E-state index in [1.54, 1.807) is 0 Å². The molecule has 160 valence electrons. The predicted molar refractivity (Wildman–Crippen MR) is 107 cm³/mol. The lowest BCUT2D eigenvalue weighted by molar-refractivity contribution is -0.161. The molecule has 1 aliphatic rings. The molecule has 2 N–H and O–H groups in total. The number of alkyl halides is 2. The molecule has 1 fully saturated rings. The van der Waals surface area contributed by atoms with E-state index in [-0.39, 0.29) is 47.2 Å². The number of hydrogen-bond donors (Lipinski definition) is 2. The fraction of sp³-hybridized carbons (Fsp3) is 0.300. The van der Waals surface area contributed by atoms with Crippen LogP contribution in [-0.2, 0) is 10.7 Å². The van der Waals surface area contributed by atoms with Gasteiger partial charge in [0.15, 0.2) is 0 Å². The van der Waals surface area contributed by atoms with Gasteiger partial charge in [-0.3, -0.25) is 9.59 Å². The van der Waals surface area contributed by atoms with Gasteiger partial charge >= 0.3 is 5.92 Å². The maximum absolute atomic E-state index is 14.9. The van der Waals surface area contributed by atoms with Gasteiger partial charge in [0.05, 0.1) is 27.4 Å². The van der Waals surface area contributed by atoms with Crippen molar-refractivity contribution in [2.45, 2.75) is 24.9 Å². The number of anilines is 1. The van der Waals surface area contributed by atoms with Crippen molar-refractivity contribution in [3.63, 3.8) is 0 Å². The molecule has 2 aromatic carbocycles. The van der Waals surface area contributed by atoms with Gasteiger partial charge in [-0.05, 0) is 49.2 Å². The normalized spacial score (nSPS) is 15.2. The van der Waals surface area contributed by atoms with Crippen LogP contribution in [0, 0.1) is 5.82 Å².